The van der Waals surface area contributed by atoms with Crippen molar-refractivity contribution >= 4 is 11.9 Å². The predicted molar refractivity (Wildman–Crippen MR) is 128 cm³/mol. The van der Waals surface area contributed by atoms with Crippen LogP contribution in [0.15, 0.2) is 50.6 Å². The summed E-state index contributed by atoms with van der Waals surface area (Å²) in [7, 11) is 0. The first-order valence-corrected chi connectivity index (χ1v) is 11.3. The molecule has 172 valence electrons. The standard InChI is InChI=1S/C14H24O2.C12H20O2/c1-3-5-7-9-11-13(14(15)16)12-10-8-6-4-2;1-3-5-7-9-11(12(13)14)10-8-6-4-2/h3-4,13H,1-2,5-12H2,(H,15,16);3-4,11H,1-2,5-10H2,(H,13,14). The SMILES string of the molecule is C=CCCCC(CCCC=C)C(=O)O.C=CCCCCC(CCCCC=C)C(=O)O. The lowest BCUT2D eigenvalue weighted by atomic mass is 9.95. The van der Waals surface area contributed by atoms with Crippen molar-refractivity contribution in [1.29, 1.82) is 0 Å². The maximum absolute atomic E-state index is 11.0. The smallest absolute Gasteiger partial charge is 0.306 e. The molecule has 4 heteroatoms. The summed E-state index contributed by atoms with van der Waals surface area (Å²) in [5.41, 5.74) is 0. The van der Waals surface area contributed by atoms with Gasteiger partial charge in [-0.25, -0.2) is 0 Å². The van der Waals surface area contributed by atoms with Crippen LogP contribution in [0.3, 0.4) is 0 Å². The zero-order valence-corrected chi connectivity index (χ0v) is 18.9. The van der Waals surface area contributed by atoms with Gasteiger partial charge in [0.1, 0.15) is 0 Å². The molecule has 0 unspecified atom stereocenters. The van der Waals surface area contributed by atoms with Crippen LogP contribution in [0, 0.1) is 11.8 Å². The van der Waals surface area contributed by atoms with Crippen molar-refractivity contribution in [2.75, 3.05) is 0 Å². The molecule has 0 amide bonds. The average molecular weight is 421 g/mol. The van der Waals surface area contributed by atoms with Gasteiger partial charge in [0.05, 0.1) is 11.8 Å². The Morgan fingerprint density at radius 3 is 1.07 bits per heavy atom. The van der Waals surface area contributed by atoms with Crippen molar-refractivity contribution in [3.63, 3.8) is 0 Å². The van der Waals surface area contributed by atoms with E-state index in [2.05, 4.69) is 26.3 Å². The third-order valence-electron chi connectivity index (χ3n) is 5.04. The number of unbranched alkanes of at least 4 members (excludes halogenated alkanes) is 6. The molecule has 0 saturated carbocycles. The van der Waals surface area contributed by atoms with E-state index >= 15 is 0 Å². The van der Waals surface area contributed by atoms with Gasteiger partial charge in [0.2, 0.25) is 0 Å². The quantitative estimate of drug-likeness (QED) is 0.157. The third-order valence-corrected chi connectivity index (χ3v) is 5.04. The Kier molecular flexibility index (Phi) is 23.3. The molecule has 0 fully saturated rings. The van der Waals surface area contributed by atoms with Gasteiger partial charge in [0.25, 0.3) is 0 Å². The number of carboxylic acid groups (broad SMARTS) is 2. The molecule has 30 heavy (non-hydrogen) atoms. The molecule has 4 nitrogen and oxygen atoms in total. The van der Waals surface area contributed by atoms with E-state index in [0.717, 1.165) is 89.9 Å². The Bertz CT molecular complexity index is 451. The highest BCUT2D eigenvalue weighted by Crippen LogP contribution is 2.18. The molecule has 0 atom stereocenters. The second kappa shape index (κ2) is 23.2. The Morgan fingerprint density at radius 2 is 0.800 bits per heavy atom. The van der Waals surface area contributed by atoms with E-state index in [-0.39, 0.29) is 11.8 Å². The normalized spacial score (nSPS) is 10.2. The average Bonchev–Trinajstić information content (AvgIpc) is 2.71. The first kappa shape index (κ1) is 30.1. The highest BCUT2D eigenvalue weighted by molar-refractivity contribution is 5.70. The molecule has 0 radical (unpaired) electrons. The summed E-state index contributed by atoms with van der Waals surface area (Å²) in [6.45, 7) is 14.5. The van der Waals surface area contributed by atoms with E-state index in [1.54, 1.807) is 0 Å². The lowest BCUT2D eigenvalue weighted by Gasteiger charge is -2.11. The summed E-state index contributed by atoms with van der Waals surface area (Å²) >= 11 is 0. The van der Waals surface area contributed by atoms with E-state index in [1.807, 2.05) is 24.3 Å². The predicted octanol–water partition coefficient (Wildman–Crippen LogP) is 7.58. The molecule has 0 spiro atoms. The van der Waals surface area contributed by atoms with Crippen molar-refractivity contribution in [3.8, 4) is 0 Å². The van der Waals surface area contributed by atoms with Gasteiger partial charge in [-0.1, -0.05) is 37.1 Å². The number of carbonyl (C=O) groups is 2. The number of carboxylic acids is 2. The van der Waals surface area contributed by atoms with Gasteiger partial charge in [-0.05, 0) is 77.0 Å². The Balaban J connectivity index is 0. The molecule has 0 saturated heterocycles. The molecule has 0 heterocycles. The molecule has 0 rings (SSSR count). The first-order chi connectivity index (χ1) is 14.4. The molecule has 0 aromatic rings. The molecule has 0 aliphatic rings. The van der Waals surface area contributed by atoms with Crippen LogP contribution in [0.1, 0.15) is 89.9 Å². The molecule has 2 N–H and O–H groups in total. The van der Waals surface area contributed by atoms with Crippen LogP contribution in [0.25, 0.3) is 0 Å². The minimum Gasteiger partial charge on any atom is -0.481 e. The van der Waals surface area contributed by atoms with E-state index in [0.29, 0.717) is 0 Å². The fourth-order valence-corrected chi connectivity index (χ4v) is 3.16. The summed E-state index contributed by atoms with van der Waals surface area (Å²) in [5.74, 6) is -1.65. The number of hydrogen-bond donors (Lipinski definition) is 2. The highest BCUT2D eigenvalue weighted by Gasteiger charge is 2.16. The van der Waals surface area contributed by atoms with Gasteiger partial charge in [-0.15, -0.1) is 26.3 Å². The summed E-state index contributed by atoms with van der Waals surface area (Å²) in [5, 5.41) is 18.0. The molecular weight excluding hydrogens is 376 g/mol. The molecule has 0 bridgehead atoms. The Morgan fingerprint density at radius 1 is 0.533 bits per heavy atom. The van der Waals surface area contributed by atoms with Crippen LogP contribution in [-0.4, -0.2) is 22.2 Å². The lowest BCUT2D eigenvalue weighted by molar-refractivity contribution is -0.143. The number of allylic oxidation sites excluding steroid dienone is 4. The minimum absolute atomic E-state index is 0.158. The third kappa shape index (κ3) is 20.6. The van der Waals surface area contributed by atoms with Crippen LogP contribution < -0.4 is 0 Å². The molecular formula is C26H44O4. The first-order valence-electron chi connectivity index (χ1n) is 11.3. The summed E-state index contributed by atoms with van der Waals surface area (Å²) in [4.78, 5) is 21.8. The number of aliphatic carboxylic acids is 2. The fraction of sp³-hybridized carbons (Fsp3) is 0.615. The van der Waals surface area contributed by atoms with Crippen LogP contribution in [-0.2, 0) is 9.59 Å². The van der Waals surface area contributed by atoms with Gasteiger partial charge in [0.15, 0.2) is 0 Å². The summed E-state index contributed by atoms with van der Waals surface area (Å²) in [6, 6.07) is 0. The molecule has 0 aromatic carbocycles. The Labute approximate surface area is 184 Å². The van der Waals surface area contributed by atoms with E-state index in [9.17, 15) is 9.59 Å². The zero-order valence-electron chi connectivity index (χ0n) is 18.9. The van der Waals surface area contributed by atoms with E-state index in [4.69, 9.17) is 10.2 Å². The van der Waals surface area contributed by atoms with Crippen molar-refractivity contribution in [3.05, 3.63) is 50.6 Å². The summed E-state index contributed by atoms with van der Waals surface area (Å²) < 4.78 is 0. The van der Waals surface area contributed by atoms with Gasteiger partial charge < -0.3 is 10.2 Å². The van der Waals surface area contributed by atoms with Gasteiger partial charge in [0, 0.05) is 0 Å². The summed E-state index contributed by atoms with van der Waals surface area (Å²) in [6.07, 6.45) is 20.3. The highest BCUT2D eigenvalue weighted by atomic mass is 16.4. The minimum atomic E-state index is -0.668. The maximum Gasteiger partial charge on any atom is 0.306 e. The van der Waals surface area contributed by atoms with Gasteiger partial charge in [-0.3, -0.25) is 9.59 Å². The molecule has 0 aromatic heterocycles. The van der Waals surface area contributed by atoms with Crippen molar-refractivity contribution in [1.82, 2.24) is 0 Å². The topological polar surface area (TPSA) is 74.6 Å². The van der Waals surface area contributed by atoms with Crippen molar-refractivity contribution < 1.29 is 19.8 Å². The van der Waals surface area contributed by atoms with Crippen LogP contribution >= 0.6 is 0 Å². The maximum atomic E-state index is 11.0. The van der Waals surface area contributed by atoms with E-state index in [1.165, 1.54) is 0 Å². The fourth-order valence-electron chi connectivity index (χ4n) is 3.16. The van der Waals surface area contributed by atoms with Crippen LogP contribution in [0.5, 0.6) is 0 Å². The monoisotopic (exact) mass is 420 g/mol. The number of hydrogen-bond acceptors (Lipinski definition) is 2. The lowest BCUT2D eigenvalue weighted by Crippen LogP contribution is -2.13. The molecule has 0 aliphatic carbocycles. The van der Waals surface area contributed by atoms with Crippen LogP contribution in [0.4, 0.5) is 0 Å². The van der Waals surface area contributed by atoms with Gasteiger partial charge in [-0.2, -0.15) is 0 Å². The van der Waals surface area contributed by atoms with Crippen molar-refractivity contribution in [2.45, 2.75) is 89.9 Å². The largest absolute Gasteiger partial charge is 0.481 e. The Hall–Kier alpha value is -2.10. The van der Waals surface area contributed by atoms with Crippen LogP contribution in [0.2, 0.25) is 0 Å². The second-order valence-electron chi connectivity index (χ2n) is 7.66. The van der Waals surface area contributed by atoms with E-state index < -0.39 is 11.9 Å². The zero-order chi connectivity index (χ0) is 23.0. The second-order valence-corrected chi connectivity index (χ2v) is 7.66. The number of rotatable bonds is 20. The van der Waals surface area contributed by atoms with Gasteiger partial charge >= 0.3 is 11.9 Å². The molecule has 0 aliphatic heterocycles. The van der Waals surface area contributed by atoms with Crippen molar-refractivity contribution in [2.24, 2.45) is 11.8 Å².